The summed E-state index contributed by atoms with van der Waals surface area (Å²) in [7, 11) is 0. The summed E-state index contributed by atoms with van der Waals surface area (Å²) in [6, 6.07) is 0. The molecule has 0 heterocycles. The number of rotatable bonds is 76. The molecule has 0 rings (SSSR count). The molecule has 0 aliphatic carbocycles. The summed E-state index contributed by atoms with van der Waals surface area (Å²) in [4.78, 5) is 0. The SMILES string of the molecule is CCCCCCCCCCCCCCCCC(C(C)C)C(O)(C(C)C)C(C)C.CCCCCCCCCCCCCCCCC(C(C)C)C(O)(C(C)C)C(C)C.CCCCCCCCCCCCCCCCC(C(C)C)C(O)(C(C)C)C(C)C.CCCCCCCCCCCCCCCCC(C(C)C)C(O)(C(C)C)C(C)C.[Ti]. The summed E-state index contributed by atoms with van der Waals surface area (Å²) in [5.41, 5.74) is -2.09. The van der Waals surface area contributed by atoms with E-state index in [0.29, 0.717) is 94.7 Å². The molecule has 0 radical (unpaired) electrons. The summed E-state index contributed by atoms with van der Waals surface area (Å²) < 4.78 is 0. The van der Waals surface area contributed by atoms with Gasteiger partial charge in [-0.15, -0.1) is 0 Å². The van der Waals surface area contributed by atoms with Crippen molar-refractivity contribution in [2.24, 2.45) is 94.7 Å². The smallest absolute Gasteiger partial charge is 0.0723 e. The van der Waals surface area contributed by atoms with Gasteiger partial charge >= 0.3 is 0 Å². The molecule has 0 aliphatic rings. The first-order chi connectivity index (χ1) is 53.1. The van der Waals surface area contributed by atoms with Crippen LogP contribution in [0.15, 0.2) is 0 Å². The second-order valence-corrected chi connectivity index (χ2v) is 41.7. The minimum atomic E-state index is -0.523. The molecular formula is C108H224O4Ti. The van der Waals surface area contributed by atoms with Crippen molar-refractivity contribution in [2.75, 3.05) is 0 Å². The van der Waals surface area contributed by atoms with Crippen LogP contribution in [0.5, 0.6) is 0 Å². The van der Waals surface area contributed by atoms with Gasteiger partial charge in [-0.05, 0) is 120 Å². The van der Waals surface area contributed by atoms with Crippen LogP contribution in [0.25, 0.3) is 0 Å². The molecule has 0 aromatic heterocycles. The maximum Gasteiger partial charge on any atom is 0.0723 e. The summed E-state index contributed by atoms with van der Waals surface area (Å²) in [5, 5.41) is 45.6. The molecule has 0 bridgehead atoms. The Morgan fingerprint density at radius 2 is 0.221 bits per heavy atom. The van der Waals surface area contributed by atoms with Gasteiger partial charge in [0.05, 0.1) is 22.4 Å². The second-order valence-electron chi connectivity index (χ2n) is 41.7. The first-order valence-corrected chi connectivity index (χ1v) is 52.0. The van der Waals surface area contributed by atoms with E-state index < -0.39 is 22.4 Å². The van der Waals surface area contributed by atoms with E-state index in [-0.39, 0.29) is 21.7 Å². The molecular weight excluding hydrogens is 1410 g/mol. The summed E-state index contributed by atoms with van der Waals surface area (Å²) in [5.74, 6) is 6.50. The zero-order valence-electron chi connectivity index (χ0n) is 84.0. The van der Waals surface area contributed by atoms with E-state index in [1.165, 1.54) is 385 Å². The predicted molar refractivity (Wildman–Crippen MR) is 512 cm³/mol. The molecule has 0 spiro atoms. The molecule has 4 nitrogen and oxygen atoms in total. The molecule has 113 heavy (non-hydrogen) atoms. The van der Waals surface area contributed by atoms with Gasteiger partial charge in [-0.2, -0.15) is 0 Å². The van der Waals surface area contributed by atoms with Crippen molar-refractivity contribution in [3.63, 3.8) is 0 Å². The Morgan fingerprint density at radius 3 is 0.292 bits per heavy atom. The van der Waals surface area contributed by atoms with Crippen LogP contribution >= 0.6 is 0 Å². The van der Waals surface area contributed by atoms with Gasteiger partial charge in [-0.3, -0.25) is 0 Å². The minimum Gasteiger partial charge on any atom is -0.389 e. The van der Waals surface area contributed by atoms with Crippen LogP contribution in [0.2, 0.25) is 0 Å². The predicted octanol–water partition coefficient (Wildman–Crippen LogP) is 36.7. The summed E-state index contributed by atoms with van der Waals surface area (Å²) in [6.07, 6.45) is 83.7. The van der Waals surface area contributed by atoms with Crippen molar-refractivity contribution in [3.8, 4) is 0 Å². The van der Waals surface area contributed by atoms with E-state index >= 15 is 0 Å². The third kappa shape index (κ3) is 59.1. The van der Waals surface area contributed by atoms with Gasteiger partial charge in [0.1, 0.15) is 0 Å². The zero-order chi connectivity index (χ0) is 85.7. The van der Waals surface area contributed by atoms with Gasteiger partial charge in [-0.25, -0.2) is 0 Å². The summed E-state index contributed by atoms with van der Waals surface area (Å²) >= 11 is 0. The minimum absolute atomic E-state index is 0. The van der Waals surface area contributed by atoms with Gasteiger partial charge < -0.3 is 20.4 Å². The van der Waals surface area contributed by atoms with E-state index in [4.69, 9.17) is 0 Å². The maximum absolute atomic E-state index is 11.4. The number of hydrogen-bond acceptors (Lipinski definition) is 4. The van der Waals surface area contributed by atoms with Crippen molar-refractivity contribution in [2.45, 2.75) is 602 Å². The van der Waals surface area contributed by atoms with Crippen molar-refractivity contribution in [1.29, 1.82) is 0 Å². The average molecular weight is 1630 g/mol. The number of hydrogen-bond donors (Lipinski definition) is 4. The average Bonchev–Trinajstić information content (AvgIpc) is 0.826. The van der Waals surface area contributed by atoms with Crippen LogP contribution in [0, 0.1) is 94.7 Å². The monoisotopic (exact) mass is 1630 g/mol. The Hall–Kier alpha value is 0.554. The van der Waals surface area contributed by atoms with E-state index in [2.05, 4.69) is 194 Å². The molecule has 4 N–H and O–H groups in total. The van der Waals surface area contributed by atoms with Crippen LogP contribution in [0.4, 0.5) is 0 Å². The topological polar surface area (TPSA) is 80.9 Å². The standard InChI is InChI=1S/4C27H56O.Ti/c4*1-8-9-10-11-12-13-14-15-16-17-18-19-20-21-22-26(23(2)3)27(28,24(4)5)25(6)7;/h4*23-26,28H,8-22H2,1-7H3;. The molecule has 0 amide bonds. The Kier molecular flexibility index (Phi) is 86.1. The fourth-order valence-corrected chi connectivity index (χ4v) is 20.7. The fourth-order valence-electron chi connectivity index (χ4n) is 20.7. The van der Waals surface area contributed by atoms with E-state index in [0.717, 1.165) is 0 Å². The molecule has 4 unspecified atom stereocenters. The molecule has 0 aromatic carbocycles. The number of unbranched alkanes of at least 4 members (excludes halogenated alkanes) is 52. The van der Waals surface area contributed by atoms with Gasteiger partial charge in [0.15, 0.2) is 0 Å². The quantitative estimate of drug-likeness (QED) is 0.0361. The third-order valence-corrected chi connectivity index (χ3v) is 28.5. The first-order valence-electron chi connectivity index (χ1n) is 52.0. The molecule has 5 heteroatoms. The fraction of sp³-hybridized carbons (Fsp3) is 1.00. The molecule has 0 aliphatic heterocycles. The van der Waals surface area contributed by atoms with Crippen molar-refractivity contribution < 1.29 is 42.1 Å². The van der Waals surface area contributed by atoms with Crippen LogP contribution in [-0.2, 0) is 21.7 Å². The van der Waals surface area contributed by atoms with Gasteiger partial charge in [-0.1, -0.05) is 553 Å². The Bertz CT molecular complexity index is 1560. The molecule has 684 valence electrons. The zero-order valence-corrected chi connectivity index (χ0v) is 85.5. The molecule has 0 fully saturated rings. The Labute approximate surface area is 733 Å². The normalized spacial score (nSPS) is 13.7. The van der Waals surface area contributed by atoms with Crippen LogP contribution in [0.1, 0.15) is 579 Å². The first kappa shape index (κ1) is 122. The van der Waals surface area contributed by atoms with Gasteiger partial charge in [0, 0.05) is 21.7 Å². The third-order valence-electron chi connectivity index (χ3n) is 28.5. The Balaban J connectivity index is -0.000000457. The van der Waals surface area contributed by atoms with Crippen LogP contribution < -0.4 is 0 Å². The largest absolute Gasteiger partial charge is 0.389 e. The second kappa shape index (κ2) is 79.7. The maximum atomic E-state index is 11.4. The molecule has 0 aromatic rings. The van der Waals surface area contributed by atoms with Crippen molar-refractivity contribution >= 4 is 0 Å². The van der Waals surface area contributed by atoms with Crippen LogP contribution in [-0.4, -0.2) is 42.8 Å². The summed E-state index contributed by atoms with van der Waals surface area (Å²) in [6.45, 7) is 62.7. The van der Waals surface area contributed by atoms with Crippen molar-refractivity contribution in [3.05, 3.63) is 0 Å². The molecule has 4 atom stereocenters. The van der Waals surface area contributed by atoms with Crippen LogP contribution in [0.3, 0.4) is 0 Å². The van der Waals surface area contributed by atoms with Gasteiger partial charge in [0.25, 0.3) is 0 Å². The Morgan fingerprint density at radius 1 is 0.142 bits per heavy atom. The van der Waals surface area contributed by atoms with E-state index in [1.54, 1.807) is 0 Å². The molecule has 0 saturated carbocycles. The van der Waals surface area contributed by atoms with Crippen molar-refractivity contribution in [1.82, 2.24) is 0 Å². The number of aliphatic hydroxyl groups is 4. The van der Waals surface area contributed by atoms with Gasteiger partial charge in [0.2, 0.25) is 0 Å². The van der Waals surface area contributed by atoms with E-state index in [9.17, 15) is 20.4 Å². The molecule has 0 saturated heterocycles. The van der Waals surface area contributed by atoms with E-state index in [1.807, 2.05) is 0 Å².